The van der Waals surface area contributed by atoms with Gasteiger partial charge in [-0.05, 0) is 0 Å². The number of hydrogen-bond donors (Lipinski definition) is 0. The molecule has 0 saturated carbocycles. The molecule has 0 saturated heterocycles. The third-order valence-electron chi connectivity index (χ3n) is 0.569. The summed E-state index contributed by atoms with van der Waals surface area (Å²) in [5, 5.41) is 0. The summed E-state index contributed by atoms with van der Waals surface area (Å²) in [5.41, 5.74) is 0. The molecule has 0 N–H and O–H groups in total. The molecule has 1 atom stereocenters. The summed E-state index contributed by atoms with van der Waals surface area (Å²) in [6, 6.07) is 0. The Kier molecular flexibility index (Phi) is 21.3. The van der Waals surface area contributed by atoms with Gasteiger partial charge in [0, 0.05) is 0 Å². The molecule has 44 valence electrons. The summed E-state index contributed by atoms with van der Waals surface area (Å²) in [7, 11) is 0. The summed E-state index contributed by atoms with van der Waals surface area (Å²) in [6.45, 7) is 9.39. The molecule has 0 radical (unpaired) electrons. The van der Waals surface area contributed by atoms with Crippen LogP contribution in [0.5, 0.6) is 0 Å². The molecule has 0 bridgehead atoms. The number of allylic oxidation sites excluding steroid dienone is 1. The quantitative estimate of drug-likeness (QED) is 0.255. The van der Waals surface area contributed by atoms with Crippen LogP contribution in [0.2, 0.25) is 0 Å². The van der Waals surface area contributed by atoms with Crippen LogP contribution in [0.1, 0.15) is 13.3 Å². The van der Waals surface area contributed by atoms with E-state index in [2.05, 4.69) is 20.4 Å². The number of hydrogen-bond acceptors (Lipinski definition) is 0. The molecule has 0 aromatic carbocycles. The molecule has 0 nitrogen and oxygen atoms in total. The van der Waals surface area contributed by atoms with Crippen molar-refractivity contribution in [3.63, 3.8) is 0 Å². The van der Waals surface area contributed by atoms with Crippen LogP contribution in [0.15, 0.2) is 12.7 Å². The molecule has 2 heteroatoms. The molecular formula is C6H11ClMg. The normalized spacial score (nSPS) is 10.2. The predicted molar refractivity (Wildman–Crippen MR) is 35.1 cm³/mol. The minimum atomic E-state index is 0. The average molecular weight is 143 g/mol. The van der Waals surface area contributed by atoms with Crippen LogP contribution < -0.4 is 12.4 Å². The van der Waals surface area contributed by atoms with Gasteiger partial charge in [0.2, 0.25) is 0 Å². The van der Waals surface area contributed by atoms with Crippen molar-refractivity contribution in [3.05, 3.63) is 19.6 Å². The Labute approximate surface area is 74.3 Å². The van der Waals surface area contributed by atoms with Crippen molar-refractivity contribution in [2.24, 2.45) is 5.92 Å². The van der Waals surface area contributed by atoms with E-state index in [4.69, 9.17) is 0 Å². The van der Waals surface area contributed by atoms with Crippen LogP contribution in [0.4, 0.5) is 0 Å². The van der Waals surface area contributed by atoms with Crippen molar-refractivity contribution in [2.45, 2.75) is 13.3 Å². The summed E-state index contributed by atoms with van der Waals surface area (Å²) >= 11 is 0. The fourth-order valence-corrected chi connectivity index (χ4v) is 0.285. The summed E-state index contributed by atoms with van der Waals surface area (Å²) in [6.07, 6.45) is 2.91. The first-order chi connectivity index (χ1) is 2.77. The maximum absolute atomic E-state index is 3.76. The Balaban J connectivity index is -0.000000125. The Bertz CT molecular complexity index is 43.8. The van der Waals surface area contributed by atoms with Gasteiger partial charge in [-0.2, -0.15) is 5.92 Å². The minimum Gasteiger partial charge on any atom is -1.00 e. The average Bonchev–Trinajstić information content (AvgIpc) is 1.35. The molecule has 0 aliphatic carbocycles. The molecule has 0 spiro atoms. The molecule has 8 heavy (non-hydrogen) atoms. The first-order valence-corrected chi connectivity index (χ1v) is 2.21. The van der Waals surface area contributed by atoms with E-state index in [1.807, 2.05) is 6.08 Å². The standard InChI is InChI=1S/C6H11.ClH.Mg/c1-4-5-6(2)3;;/h4,6H,1-2,5H2,3H3;1H;/q-1;;+2/p-1/t6-;;/m0../s1. The van der Waals surface area contributed by atoms with Crippen LogP contribution in [0.3, 0.4) is 0 Å². The van der Waals surface area contributed by atoms with Gasteiger partial charge in [-0.15, -0.1) is 6.58 Å². The molecule has 0 aliphatic heterocycles. The van der Waals surface area contributed by atoms with Gasteiger partial charge in [0.25, 0.3) is 0 Å². The van der Waals surface area contributed by atoms with Gasteiger partial charge < -0.3 is 19.3 Å². The molecule has 0 rings (SSSR count). The first-order valence-electron chi connectivity index (χ1n) is 2.21. The Morgan fingerprint density at radius 2 is 2.12 bits per heavy atom. The monoisotopic (exact) mass is 142 g/mol. The molecule has 0 aromatic heterocycles. The third kappa shape index (κ3) is 15.8. The van der Waals surface area contributed by atoms with Gasteiger partial charge >= 0.3 is 23.1 Å². The summed E-state index contributed by atoms with van der Waals surface area (Å²) < 4.78 is 0. The molecule has 0 fully saturated rings. The van der Waals surface area contributed by atoms with Crippen molar-refractivity contribution in [3.8, 4) is 0 Å². The smallest absolute Gasteiger partial charge is 1.00 e. The van der Waals surface area contributed by atoms with E-state index >= 15 is 0 Å². The molecule has 0 aromatic rings. The zero-order chi connectivity index (χ0) is 4.99. The van der Waals surface area contributed by atoms with E-state index in [1.165, 1.54) is 0 Å². The van der Waals surface area contributed by atoms with Crippen LogP contribution in [-0.4, -0.2) is 23.1 Å². The van der Waals surface area contributed by atoms with Crippen molar-refractivity contribution < 1.29 is 12.4 Å². The summed E-state index contributed by atoms with van der Waals surface area (Å²) in [4.78, 5) is 0. The second-order valence-corrected chi connectivity index (χ2v) is 1.63. The Morgan fingerprint density at radius 1 is 1.75 bits per heavy atom. The Hall–Kier alpha value is 0.796. The van der Waals surface area contributed by atoms with E-state index in [0.29, 0.717) is 5.92 Å². The van der Waals surface area contributed by atoms with Crippen molar-refractivity contribution >= 4 is 23.1 Å². The van der Waals surface area contributed by atoms with Crippen molar-refractivity contribution in [1.82, 2.24) is 0 Å². The van der Waals surface area contributed by atoms with Crippen LogP contribution in [0, 0.1) is 12.8 Å². The van der Waals surface area contributed by atoms with E-state index in [9.17, 15) is 0 Å². The maximum Gasteiger partial charge on any atom is 2.00 e. The molecule has 0 heterocycles. The minimum absolute atomic E-state index is 0. The third-order valence-corrected chi connectivity index (χ3v) is 0.569. The van der Waals surface area contributed by atoms with Gasteiger partial charge in [-0.1, -0.05) is 19.4 Å². The van der Waals surface area contributed by atoms with Gasteiger partial charge in [0.1, 0.15) is 0 Å². The fourth-order valence-electron chi connectivity index (χ4n) is 0.285. The predicted octanol–water partition coefficient (Wildman–Crippen LogP) is -1.34. The SMILES string of the molecule is C=CC[C@@H]([CH2-])C.[Cl-].[Mg+2]. The zero-order valence-electron chi connectivity index (χ0n) is 5.36. The fraction of sp³-hybridized carbons (Fsp3) is 0.500. The Morgan fingerprint density at radius 3 is 2.12 bits per heavy atom. The van der Waals surface area contributed by atoms with Crippen molar-refractivity contribution in [1.29, 1.82) is 0 Å². The molecule has 0 amide bonds. The number of rotatable bonds is 2. The molecule has 0 unspecified atom stereocenters. The van der Waals surface area contributed by atoms with E-state index in [1.54, 1.807) is 0 Å². The maximum atomic E-state index is 3.76. The topological polar surface area (TPSA) is 0 Å². The van der Waals surface area contributed by atoms with E-state index in [-0.39, 0.29) is 35.5 Å². The van der Waals surface area contributed by atoms with Gasteiger partial charge in [0.15, 0.2) is 0 Å². The molecule has 0 aliphatic rings. The van der Waals surface area contributed by atoms with Gasteiger partial charge in [-0.3, -0.25) is 0 Å². The first kappa shape index (κ1) is 15.9. The van der Waals surface area contributed by atoms with Crippen LogP contribution in [-0.2, 0) is 0 Å². The van der Waals surface area contributed by atoms with Crippen molar-refractivity contribution in [2.75, 3.05) is 0 Å². The second-order valence-electron chi connectivity index (χ2n) is 1.63. The van der Waals surface area contributed by atoms with Crippen LogP contribution >= 0.6 is 0 Å². The second kappa shape index (κ2) is 10.7. The van der Waals surface area contributed by atoms with Gasteiger partial charge in [0.05, 0.1) is 0 Å². The number of halogens is 1. The molecular weight excluding hydrogens is 132 g/mol. The van der Waals surface area contributed by atoms with Crippen LogP contribution in [0.25, 0.3) is 0 Å². The van der Waals surface area contributed by atoms with E-state index in [0.717, 1.165) is 6.42 Å². The summed E-state index contributed by atoms with van der Waals surface area (Å²) in [5.74, 6) is 0.530. The largest absolute Gasteiger partial charge is 2.00 e. The van der Waals surface area contributed by atoms with Gasteiger partial charge in [-0.25, -0.2) is 0 Å². The zero-order valence-corrected chi connectivity index (χ0v) is 7.53. The van der Waals surface area contributed by atoms with E-state index < -0.39 is 0 Å².